The second-order valence-corrected chi connectivity index (χ2v) is 3.73. The minimum absolute atomic E-state index is 0.216. The van der Waals surface area contributed by atoms with Crippen LogP contribution < -0.4 is 10.6 Å². The van der Waals surface area contributed by atoms with Crippen LogP contribution in [0.5, 0.6) is 0 Å². The number of anilines is 1. The molecule has 0 aliphatic carbocycles. The molecule has 0 atom stereocenters. The number of carbonyl (C=O) groups is 1. The average molecular weight is 222 g/mol. The van der Waals surface area contributed by atoms with E-state index in [1.165, 1.54) is 4.90 Å². The number of amides is 2. The predicted molar refractivity (Wildman–Crippen MR) is 65.4 cm³/mol. The van der Waals surface area contributed by atoms with Crippen LogP contribution in [-0.2, 0) is 0 Å². The predicted octanol–water partition coefficient (Wildman–Crippen LogP) is 2.72. The SMILES string of the molecule is C=CCNC(=O)Nc1ccc(SC)cc1. The maximum Gasteiger partial charge on any atom is 0.319 e. The molecule has 15 heavy (non-hydrogen) atoms. The maximum absolute atomic E-state index is 11.3. The lowest BCUT2D eigenvalue weighted by Crippen LogP contribution is -2.28. The Kier molecular flexibility index (Phi) is 4.77. The van der Waals surface area contributed by atoms with Crippen LogP contribution in [0.4, 0.5) is 10.5 Å². The van der Waals surface area contributed by atoms with Crippen LogP contribution in [0, 0.1) is 0 Å². The van der Waals surface area contributed by atoms with Crippen molar-refractivity contribution in [3.63, 3.8) is 0 Å². The minimum Gasteiger partial charge on any atom is -0.334 e. The molecule has 1 aromatic rings. The summed E-state index contributed by atoms with van der Waals surface area (Å²) < 4.78 is 0. The number of benzene rings is 1. The minimum atomic E-state index is -0.216. The number of hydrogen-bond acceptors (Lipinski definition) is 2. The van der Waals surface area contributed by atoms with Crippen molar-refractivity contribution in [2.75, 3.05) is 18.1 Å². The third-order valence-electron chi connectivity index (χ3n) is 1.75. The molecule has 0 fully saturated rings. The van der Waals surface area contributed by atoms with Crippen LogP contribution >= 0.6 is 11.8 Å². The number of nitrogens with one attached hydrogen (secondary N) is 2. The van der Waals surface area contributed by atoms with Crippen molar-refractivity contribution in [1.29, 1.82) is 0 Å². The van der Waals surface area contributed by atoms with Crippen LogP contribution in [0.1, 0.15) is 0 Å². The fraction of sp³-hybridized carbons (Fsp3) is 0.182. The van der Waals surface area contributed by atoms with E-state index in [2.05, 4.69) is 17.2 Å². The topological polar surface area (TPSA) is 41.1 Å². The van der Waals surface area contributed by atoms with Gasteiger partial charge in [-0.2, -0.15) is 0 Å². The molecule has 3 nitrogen and oxygen atoms in total. The molecular weight excluding hydrogens is 208 g/mol. The van der Waals surface area contributed by atoms with Gasteiger partial charge in [-0.3, -0.25) is 0 Å². The lowest BCUT2D eigenvalue weighted by Gasteiger charge is -2.06. The molecule has 0 aliphatic heterocycles. The van der Waals surface area contributed by atoms with Crippen LogP contribution in [0.2, 0.25) is 0 Å². The Labute approximate surface area is 94.0 Å². The van der Waals surface area contributed by atoms with Crippen LogP contribution in [-0.4, -0.2) is 18.8 Å². The average Bonchev–Trinajstić information content (AvgIpc) is 2.27. The molecule has 1 rings (SSSR count). The van der Waals surface area contributed by atoms with E-state index in [0.717, 1.165) is 5.69 Å². The molecule has 0 aliphatic rings. The smallest absolute Gasteiger partial charge is 0.319 e. The molecule has 2 amide bonds. The van der Waals surface area contributed by atoms with E-state index in [4.69, 9.17) is 0 Å². The highest BCUT2D eigenvalue weighted by Gasteiger charge is 1.99. The van der Waals surface area contributed by atoms with Gasteiger partial charge in [0.05, 0.1) is 0 Å². The van der Waals surface area contributed by atoms with Gasteiger partial charge in [-0.05, 0) is 30.5 Å². The van der Waals surface area contributed by atoms with Crippen molar-refractivity contribution in [2.24, 2.45) is 0 Å². The molecule has 0 radical (unpaired) electrons. The number of thioether (sulfide) groups is 1. The van der Waals surface area contributed by atoms with Gasteiger partial charge >= 0.3 is 6.03 Å². The van der Waals surface area contributed by atoms with Gasteiger partial charge in [0.1, 0.15) is 0 Å². The zero-order valence-corrected chi connectivity index (χ0v) is 9.43. The molecule has 0 saturated carbocycles. The zero-order chi connectivity index (χ0) is 11.1. The second-order valence-electron chi connectivity index (χ2n) is 2.85. The fourth-order valence-corrected chi connectivity index (χ4v) is 1.42. The van der Waals surface area contributed by atoms with Crippen molar-refractivity contribution in [3.05, 3.63) is 36.9 Å². The molecule has 0 saturated heterocycles. The van der Waals surface area contributed by atoms with E-state index in [1.807, 2.05) is 30.5 Å². The van der Waals surface area contributed by atoms with Gasteiger partial charge in [0.15, 0.2) is 0 Å². The van der Waals surface area contributed by atoms with Crippen LogP contribution in [0.3, 0.4) is 0 Å². The Bertz CT molecular complexity index is 335. The second kappa shape index (κ2) is 6.14. The Morgan fingerprint density at radius 3 is 2.67 bits per heavy atom. The van der Waals surface area contributed by atoms with Crippen molar-refractivity contribution in [1.82, 2.24) is 5.32 Å². The Morgan fingerprint density at radius 2 is 2.13 bits per heavy atom. The molecule has 0 aromatic heterocycles. The van der Waals surface area contributed by atoms with Crippen molar-refractivity contribution in [3.8, 4) is 0 Å². The van der Waals surface area contributed by atoms with E-state index in [0.29, 0.717) is 6.54 Å². The van der Waals surface area contributed by atoms with Gasteiger partial charge in [0.25, 0.3) is 0 Å². The summed E-state index contributed by atoms with van der Waals surface area (Å²) in [6.07, 6.45) is 3.65. The maximum atomic E-state index is 11.3. The third-order valence-corrected chi connectivity index (χ3v) is 2.50. The molecule has 0 unspecified atom stereocenters. The molecule has 0 spiro atoms. The number of urea groups is 1. The first-order valence-corrected chi connectivity index (χ1v) is 5.78. The Balaban J connectivity index is 2.49. The monoisotopic (exact) mass is 222 g/mol. The van der Waals surface area contributed by atoms with E-state index < -0.39 is 0 Å². The third kappa shape index (κ3) is 4.08. The highest BCUT2D eigenvalue weighted by Crippen LogP contribution is 2.17. The molecule has 1 aromatic carbocycles. The number of carbonyl (C=O) groups excluding carboxylic acids is 1. The lowest BCUT2D eigenvalue weighted by atomic mass is 10.3. The summed E-state index contributed by atoms with van der Waals surface area (Å²) in [5, 5.41) is 5.36. The standard InChI is InChI=1S/C11H14N2OS/c1-3-8-12-11(14)13-9-4-6-10(15-2)7-5-9/h3-7H,1,8H2,2H3,(H2,12,13,14). The quantitative estimate of drug-likeness (QED) is 0.607. The summed E-state index contributed by atoms with van der Waals surface area (Å²) >= 11 is 1.67. The van der Waals surface area contributed by atoms with Gasteiger partial charge < -0.3 is 10.6 Å². The first-order valence-electron chi connectivity index (χ1n) is 4.56. The van der Waals surface area contributed by atoms with Gasteiger partial charge in [-0.15, -0.1) is 18.3 Å². The van der Waals surface area contributed by atoms with E-state index in [1.54, 1.807) is 17.8 Å². The normalized spacial score (nSPS) is 9.40. The molecule has 0 bridgehead atoms. The summed E-state index contributed by atoms with van der Waals surface area (Å²) in [7, 11) is 0. The molecule has 4 heteroatoms. The highest BCUT2D eigenvalue weighted by molar-refractivity contribution is 7.98. The molecule has 2 N–H and O–H groups in total. The summed E-state index contributed by atoms with van der Waals surface area (Å²) in [6, 6.07) is 7.46. The van der Waals surface area contributed by atoms with Gasteiger partial charge in [-0.25, -0.2) is 4.79 Å². The summed E-state index contributed by atoms with van der Waals surface area (Å²) in [6.45, 7) is 3.98. The largest absolute Gasteiger partial charge is 0.334 e. The van der Waals surface area contributed by atoms with Gasteiger partial charge in [-0.1, -0.05) is 6.08 Å². The first-order chi connectivity index (χ1) is 7.26. The van der Waals surface area contributed by atoms with Gasteiger partial charge in [0.2, 0.25) is 0 Å². The lowest BCUT2D eigenvalue weighted by molar-refractivity contribution is 0.253. The Morgan fingerprint density at radius 1 is 1.47 bits per heavy atom. The van der Waals surface area contributed by atoms with Gasteiger partial charge in [0, 0.05) is 17.1 Å². The zero-order valence-electron chi connectivity index (χ0n) is 8.62. The van der Waals surface area contributed by atoms with Crippen molar-refractivity contribution >= 4 is 23.5 Å². The molecular formula is C11H14N2OS. The molecule has 80 valence electrons. The van der Waals surface area contributed by atoms with E-state index >= 15 is 0 Å². The molecule has 0 heterocycles. The summed E-state index contributed by atoms with van der Waals surface area (Å²) in [5.41, 5.74) is 0.786. The van der Waals surface area contributed by atoms with E-state index in [-0.39, 0.29) is 6.03 Å². The number of rotatable bonds is 4. The van der Waals surface area contributed by atoms with Crippen LogP contribution in [0.15, 0.2) is 41.8 Å². The Hall–Kier alpha value is -1.42. The first kappa shape index (κ1) is 11.7. The summed E-state index contributed by atoms with van der Waals surface area (Å²) in [5.74, 6) is 0. The number of hydrogen-bond donors (Lipinski definition) is 2. The summed E-state index contributed by atoms with van der Waals surface area (Å²) in [4.78, 5) is 12.4. The van der Waals surface area contributed by atoms with Crippen molar-refractivity contribution < 1.29 is 4.79 Å². The van der Waals surface area contributed by atoms with E-state index in [9.17, 15) is 4.79 Å². The van der Waals surface area contributed by atoms with Crippen LogP contribution in [0.25, 0.3) is 0 Å². The van der Waals surface area contributed by atoms with Crippen molar-refractivity contribution in [2.45, 2.75) is 4.90 Å². The highest BCUT2D eigenvalue weighted by atomic mass is 32.2. The fourth-order valence-electron chi connectivity index (χ4n) is 1.01.